The molecule has 1 nitrogen and oxygen atoms in total. The van der Waals surface area contributed by atoms with Gasteiger partial charge >= 0.3 is 0 Å². The normalized spacial score (nSPS) is 10.9. The highest BCUT2D eigenvalue weighted by Gasteiger charge is 2.13. The highest BCUT2D eigenvalue weighted by Crippen LogP contribution is 2.33. The van der Waals surface area contributed by atoms with E-state index in [2.05, 4.69) is 71.9 Å². The minimum atomic E-state index is 0.880. The first-order chi connectivity index (χ1) is 14.2. The van der Waals surface area contributed by atoms with Crippen molar-refractivity contribution in [2.45, 2.75) is 39.0 Å². The van der Waals surface area contributed by atoms with Crippen LogP contribution in [0.15, 0.2) is 60.7 Å². The number of terminal acetylenes is 2. The van der Waals surface area contributed by atoms with Crippen molar-refractivity contribution in [3.63, 3.8) is 0 Å². The maximum Gasteiger partial charge on any atom is 0.0541 e. The van der Waals surface area contributed by atoms with Gasteiger partial charge in [0.05, 0.1) is 11.0 Å². The lowest BCUT2D eigenvalue weighted by Gasteiger charge is -2.09. The number of hydrogen-bond acceptors (Lipinski definition) is 0. The lowest BCUT2D eigenvalue weighted by molar-refractivity contribution is 0.667. The van der Waals surface area contributed by atoms with Gasteiger partial charge in [0.25, 0.3) is 0 Å². The van der Waals surface area contributed by atoms with Crippen LogP contribution in [0, 0.1) is 24.7 Å². The zero-order valence-electron chi connectivity index (χ0n) is 16.9. The Kier molecular flexibility index (Phi) is 5.41. The van der Waals surface area contributed by atoms with Gasteiger partial charge in [-0.25, -0.2) is 0 Å². The molecule has 0 unspecified atom stereocenters. The number of benzene rings is 3. The van der Waals surface area contributed by atoms with Crippen molar-refractivity contribution in [1.29, 1.82) is 0 Å². The number of nitrogens with zero attached hydrogens (tertiary/aromatic N) is 1. The lowest BCUT2D eigenvalue weighted by Crippen LogP contribution is -1.95. The van der Waals surface area contributed by atoms with Crippen LogP contribution in [0.1, 0.15) is 49.3 Å². The van der Waals surface area contributed by atoms with Crippen LogP contribution < -0.4 is 0 Å². The molecule has 0 amide bonds. The molecule has 0 aliphatic heterocycles. The first-order valence-electron chi connectivity index (χ1n) is 10.4. The number of fused-ring (bicyclic) bond motifs is 3. The van der Waals surface area contributed by atoms with E-state index in [1.54, 1.807) is 0 Å². The van der Waals surface area contributed by atoms with E-state index in [0.29, 0.717) is 0 Å². The van der Waals surface area contributed by atoms with Crippen molar-refractivity contribution >= 4 is 21.8 Å². The summed E-state index contributed by atoms with van der Waals surface area (Å²) in [5.41, 5.74) is 6.60. The van der Waals surface area contributed by atoms with Crippen LogP contribution in [-0.2, 0) is 6.42 Å². The quantitative estimate of drug-likeness (QED) is 0.256. The Morgan fingerprint density at radius 3 is 1.83 bits per heavy atom. The summed E-state index contributed by atoms with van der Waals surface area (Å²) in [5.74, 6) is 5.50. The van der Waals surface area contributed by atoms with Gasteiger partial charge in [-0.05, 0) is 66.9 Å². The minimum Gasteiger partial charge on any atom is -0.309 e. The molecule has 29 heavy (non-hydrogen) atoms. The lowest BCUT2D eigenvalue weighted by atomic mass is 10.1. The second-order valence-electron chi connectivity index (χ2n) is 7.57. The third-order valence-electron chi connectivity index (χ3n) is 5.61. The van der Waals surface area contributed by atoms with E-state index in [0.717, 1.165) is 45.0 Å². The third kappa shape index (κ3) is 3.65. The van der Waals surface area contributed by atoms with Gasteiger partial charge in [0.1, 0.15) is 0 Å². The molecular formula is C28H25N. The van der Waals surface area contributed by atoms with Gasteiger partial charge in [-0.15, -0.1) is 12.8 Å². The molecule has 0 bridgehead atoms. The van der Waals surface area contributed by atoms with E-state index in [-0.39, 0.29) is 0 Å². The van der Waals surface area contributed by atoms with Crippen molar-refractivity contribution in [2.24, 2.45) is 0 Å². The van der Waals surface area contributed by atoms with E-state index in [1.807, 2.05) is 12.1 Å². The van der Waals surface area contributed by atoms with Crippen LogP contribution in [-0.4, -0.2) is 4.57 Å². The average Bonchev–Trinajstić information content (AvgIpc) is 3.10. The van der Waals surface area contributed by atoms with Gasteiger partial charge in [-0.2, -0.15) is 0 Å². The standard InChI is InChI=1S/C28H25N/c1-4-7-8-9-10-23-11-15-24(16-12-23)29-27-17-13-21(5-2)19-25(27)26-20-22(6-3)14-18-28(26)29/h2-3,11-20H,4,7-10H2,1H3. The third-order valence-corrected chi connectivity index (χ3v) is 5.61. The molecule has 4 rings (SSSR count). The van der Waals surface area contributed by atoms with Crippen molar-refractivity contribution in [1.82, 2.24) is 4.57 Å². The fourth-order valence-electron chi connectivity index (χ4n) is 4.05. The van der Waals surface area contributed by atoms with Crippen LogP contribution in [0.4, 0.5) is 0 Å². The van der Waals surface area contributed by atoms with Crippen LogP contribution in [0.25, 0.3) is 27.5 Å². The Morgan fingerprint density at radius 1 is 0.724 bits per heavy atom. The highest BCUT2D eigenvalue weighted by atomic mass is 15.0. The summed E-state index contributed by atoms with van der Waals surface area (Å²) in [4.78, 5) is 0. The van der Waals surface area contributed by atoms with Gasteiger partial charge in [-0.3, -0.25) is 0 Å². The maximum absolute atomic E-state index is 5.65. The van der Waals surface area contributed by atoms with Crippen LogP contribution in [0.2, 0.25) is 0 Å². The van der Waals surface area contributed by atoms with E-state index < -0.39 is 0 Å². The first kappa shape index (κ1) is 18.9. The molecule has 0 fully saturated rings. The molecule has 0 aliphatic rings. The molecule has 4 aromatic rings. The fourth-order valence-corrected chi connectivity index (χ4v) is 4.05. The Balaban J connectivity index is 1.80. The smallest absolute Gasteiger partial charge is 0.0541 e. The molecule has 1 aromatic heterocycles. The molecule has 3 aromatic carbocycles. The topological polar surface area (TPSA) is 4.93 Å². The monoisotopic (exact) mass is 375 g/mol. The maximum atomic E-state index is 5.65. The molecule has 0 N–H and O–H groups in total. The predicted molar refractivity (Wildman–Crippen MR) is 124 cm³/mol. The molecule has 0 saturated heterocycles. The molecule has 1 heteroatoms. The van der Waals surface area contributed by atoms with Crippen molar-refractivity contribution in [3.05, 3.63) is 77.4 Å². The van der Waals surface area contributed by atoms with Crippen molar-refractivity contribution < 1.29 is 0 Å². The zero-order valence-corrected chi connectivity index (χ0v) is 16.9. The number of hydrogen-bond donors (Lipinski definition) is 0. The summed E-state index contributed by atoms with van der Waals surface area (Å²) in [6.07, 6.45) is 17.6. The highest BCUT2D eigenvalue weighted by molar-refractivity contribution is 6.10. The van der Waals surface area contributed by atoms with Crippen LogP contribution in [0.3, 0.4) is 0 Å². The van der Waals surface area contributed by atoms with E-state index in [9.17, 15) is 0 Å². The summed E-state index contributed by atoms with van der Waals surface area (Å²) in [5, 5.41) is 2.27. The fraction of sp³-hybridized carbons (Fsp3) is 0.214. The van der Waals surface area contributed by atoms with Crippen LogP contribution >= 0.6 is 0 Å². The van der Waals surface area contributed by atoms with Crippen molar-refractivity contribution in [2.75, 3.05) is 0 Å². The number of rotatable bonds is 6. The van der Waals surface area contributed by atoms with E-state index in [4.69, 9.17) is 12.8 Å². The Morgan fingerprint density at radius 2 is 1.31 bits per heavy atom. The summed E-state index contributed by atoms with van der Waals surface area (Å²) >= 11 is 0. The van der Waals surface area contributed by atoms with Crippen molar-refractivity contribution in [3.8, 4) is 30.4 Å². The van der Waals surface area contributed by atoms with Gasteiger partial charge < -0.3 is 4.57 Å². The summed E-state index contributed by atoms with van der Waals surface area (Å²) in [6, 6.07) is 21.3. The summed E-state index contributed by atoms with van der Waals surface area (Å²) in [6.45, 7) is 2.25. The van der Waals surface area contributed by atoms with Gasteiger partial charge in [0, 0.05) is 27.6 Å². The Hall–Kier alpha value is -3.42. The predicted octanol–water partition coefficient (Wildman–Crippen LogP) is 6.87. The summed E-state index contributed by atoms with van der Waals surface area (Å²) in [7, 11) is 0. The largest absolute Gasteiger partial charge is 0.309 e. The Labute approximate surface area is 173 Å². The molecule has 0 saturated carbocycles. The van der Waals surface area contributed by atoms with E-state index in [1.165, 1.54) is 31.2 Å². The van der Waals surface area contributed by atoms with Crippen LogP contribution in [0.5, 0.6) is 0 Å². The minimum absolute atomic E-state index is 0.880. The first-order valence-corrected chi connectivity index (χ1v) is 10.4. The molecule has 0 aliphatic carbocycles. The second-order valence-corrected chi connectivity index (χ2v) is 7.57. The van der Waals surface area contributed by atoms with E-state index >= 15 is 0 Å². The molecular weight excluding hydrogens is 350 g/mol. The zero-order chi connectivity index (χ0) is 20.2. The average molecular weight is 376 g/mol. The molecule has 1 heterocycles. The summed E-state index contributed by atoms with van der Waals surface area (Å²) < 4.78 is 2.30. The number of unbranched alkanes of at least 4 members (excludes halogenated alkanes) is 3. The second kappa shape index (κ2) is 8.30. The SMILES string of the molecule is C#Cc1ccc2c(c1)c1cc(C#C)ccc1n2-c1ccc(CCCCCC)cc1. The Bertz CT molecular complexity index is 1170. The molecule has 142 valence electrons. The van der Waals surface area contributed by atoms with Gasteiger partial charge in [0.2, 0.25) is 0 Å². The van der Waals surface area contributed by atoms with Gasteiger partial charge in [-0.1, -0.05) is 50.2 Å². The van der Waals surface area contributed by atoms with Gasteiger partial charge in [0.15, 0.2) is 0 Å². The molecule has 0 radical (unpaired) electrons. The molecule has 0 atom stereocenters. The number of aryl methyl sites for hydroxylation is 1. The number of aromatic nitrogens is 1. The molecule has 0 spiro atoms.